The number of aryl methyl sites for hydroxylation is 3. The Kier molecular flexibility index (Phi) is 5.42. The quantitative estimate of drug-likeness (QED) is 0.403. The number of amides is 1. The molecule has 5 rings (SSSR count). The second-order valence-corrected chi connectivity index (χ2v) is 8.95. The van der Waals surface area contributed by atoms with Gasteiger partial charge in [0.2, 0.25) is 11.5 Å². The minimum absolute atomic E-state index is 0.0707. The number of nitrogens with zero attached hydrogens (tertiary/aromatic N) is 4. The largest absolute Gasteiger partial charge is 0.319 e. The van der Waals surface area contributed by atoms with Crippen molar-refractivity contribution < 1.29 is 4.79 Å². The van der Waals surface area contributed by atoms with E-state index >= 15 is 0 Å². The van der Waals surface area contributed by atoms with Crippen molar-refractivity contribution in [1.82, 2.24) is 19.2 Å². The monoisotopic (exact) mass is 471 g/mol. The van der Waals surface area contributed by atoms with Gasteiger partial charge in [-0.1, -0.05) is 35.9 Å². The number of rotatable bonds is 4. The van der Waals surface area contributed by atoms with Crippen molar-refractivity contribution in [3.8, 4) is 0 Å². The lowest BCUT2D eigenvalue weighted by molar-refractivity contribution is 0.101. The summed E-state index contributed by atoms with van der Waals surface area (Å²) in [6.45, 7) is 6.19. The van der Waals surface area contributed by atoms with Gasteiger partial charge in [-0.2, -0.15) is 4.98 Å². The molecular weight excluding hydrogens is 450 g/mol. The molecule has 3 aromatic carbocycles. The highest BCUT2D eigenvalue weighted by atomic mass is 35.5. The zero-order chi connectivity index (χ0) is 24.0. The normalized spacial score (nSPS) is 11.3. The first-order valence-corrected chi connectivity index (χ1v) is 11.2. The van der Waals surface area contributed by atoms with Gasteiger partial charge in [0.25, 0.3) is 11.5 Å². The van der Waals surface area contributed by atoms with Gasteiger partial charge in [0.05, 0.1) is 17.6 Å². The molecule has 2 aromatic heterocycles. The van der Waals surface area contributed by atoms with E-state index in [9.17, 15) is 9.59 Å². The SMILES string of the molecule is Cc1cc(C)cc(NC(=O)c2nc3c(=O)n(Cc4cccc(Cl)c4)c4cc(C)ccc4n3n2)c1. The number of aromatic nitrogens is 4. The van der Waals surface area contributed by atoms with Gasteiger partial charge in [-0.15, -0.1) is 5.10 Å². The summed E-state index contributed by atoms with van der Waals surface area (Å²) in [6, 6.07) is 18.9. The number of halogens is 1. The lowest BCUT2D eigenvalue weighted by atomic mass is 10.1. The Morgan fingerprint density at radius 3 is 2.44 bits per heavy atom. The first kappa shape index (κ1) is 21.9. The molecule has 170 valence electrons. The second-order valence-electron chi connectivity index (χ2n) is 8.51. The van der Waals surface area contributed by atoms with Gasteiger partial charge in [0, 0.05) is 10.7 Å². The van der Waals surface area contributed by atoms with Gasteiger partial charge >= 0.3 is 0 Å². The molecule has 7 nitrogen and oxygen atoms in total. The maximum Gasteiger partial charge on any atom is 0.296 e. The molecule has 1 amide bonds. The molecule has 0 unspecified atom stereocenters. The van der Waals surface area contributed by atoms with Gasteiger partial charge in [-0.05, 0) is 79.4 Å². The highest BCUT2D eigenvalue weighted by Crippen LogP contribution is 2.19. The predicted molar refractivity (Wildman–Crippen MR) is 134 cm³/mol. The van der Waals surface area contributed by atoms with E-state index in [2.05, 4.69) is 15.4 Å². The van der Waals surface area contributed by atoms with Crippen LogP contribution in [-0.4, -0.2) is 25.1 Å². The second kappa shape index (κ2) is 8.43. The predicted octanol–water partition coefficient (Wildman–Crippen LogP) is 4.92. The van der Waals surface area contributed by atoms with Gasteiger partial charge in [-0.3, -0.25) is 14.2 Å². The average Bonchev–Trinajstić information content (AvgIpc) is 3.22. The average molecular weight is 472 g/mol. The fraction of sp³-hybridized carbons (Fsp3) is 0.154. The lowest BCUT2D eigenvalue weighted by Gasteiger charge is -2.12. The van der Waals surface area contributed by atoms with Crippen LogP contribution in [0.3, 0.4) is 0 Å². The Morgan fingerprint density at radius 1 is 0.941 bits per heavy atom. The zero-order valence-corrected chi connectivity index (χ0v) is 19.7. The number of hydrogen-bond donors (Lipinski definition) is 1. The summed E-state index contributed by atoms with van der Waals surface area (Å²) in [7, 11) is 0. The van der Waals surface area contributed by atoms with E-state index < -0.39 is 5.91 Å². The molecule has 0 aliphatic heterocycles. The minimum Gasteiger partial charge on any atom is -0.319 e. The van der Waals surface area contributed by atoms with E-state index in [1.165, 1.54) is 4.52 Å². The molecule has 0 saturated carbocycles. The van der Waals surface area contributed by atoms with E-state index in [1.807, 2.05) is 75.4 Å². The molecule has 0 fully saturated rings. The highest BCUT2D eigenvalue weighted by Gasteiger charge is 2.20. The summed E-state index contributed by atoms with van der Waals surface area (Å²) >= 11 is 6.16. The lowest BCUT2D eigenvalue weighted by Crippen LogP contribution is -2.24. The summed E-state index contributed by atoms with van der Waals surface area (Å²) in [5.41, 5.74) is 5.73. The minimum atomic E-state index is -0.477. The number of nitrogens with one attached hydrogen (secondary N) is 1. The number of fused-ring (bicyclic) bond motifs is 3. The summed E-state index contributed by atoms with van der Waals surface area (Å²) in [6.07, 6.45) is 0. The van der Waals surface area contributed by atoms with E-state index in [1.54, 1.807) is 10.6 Å². The Balaban J connectivity index is 1.64. The molecule has 0 bridgehead atoms. The van der Waals surface area contributed by atoms with Crippen LogP contribution in [0.5, 0.6) is 0 Å². The third kappa shape index (κ3) is 4.06. The van der Waals surface area contributed by atoms with Crippen LogP contribution in [0.2, 0.25) is 5.02 Å². The van der Waals surface area contributed by atoms with Crippen molar-refractivity contribution in [2.24, 2.45) is 0 Å². The van der Waals surface area contributed by atoms with Crippen molar-refractivity contribution in [2.45, 2.75) is 27.3 Å². The molecule has 0 saturated heterocycles. The van der Waals surface area contributed by atoms with Crippen LogP contribution in [0.4, 0.5) is 5.69 Å². The van der Waals surface area contributed by atoms with E-state index in [0.717, 1.165) is 22.3 Å². The highest BCUT2D eigenvalue weighted by molar-refractivity contribution is 6.30. The fourth-order valence-corrected chi connectivity index (χ4v) is 4.40. The molecule has 0 atom stereocenters. The molecule has 2 heterocycles. The molecule has 1 N–H and O–H groups in total. The van der Waals surface area contributed by atoms with Crippen molar-refractivity contribution in [3.63, 3.8) is 0 Å². The summed E-state index contributed by atoms with van der Waals surface area (Å²) in [5.74, 6) is -0.548. The molecule has 8 heteroatoms. The van der Waals surface area contributed by atoms with Crippen LogP contribution in [-0.2, 0) is 6.54 Å². The Hall–Kier alpha value is -3.97. The third-order valence-electron chi connectivity index (χ3n) is 5.61. The van der Waals surface area contributed by atoms with Gasteiger partial charge < -0.3 is 5.32 Å². The fourth-order valence-electron chi connectivity index (χ4n) is 4.18. The summed E-state index contributed by atoms with van der Waals surface area (Å²) < 4.78 is 3.09. The molecule has 34 heavy (non-hydrogen) atoms. The zero-order valence-electron chi connectivity index (χ0n) is 19.0. The number of hydrogen-bond acceptors (Lipinski definition) is 4. The van der Waals surface area contributed by atoms with Crippen molar-refractivity contribution >= 4 is 39.9 Å². The topological polar surface area (TPSA) is 81.3 Å². The van der Waals surface area contributed by atoms with Crippen LogP contribution in [0, 0.1) is 20.8 Å². The van der Waals surface area contributed by atoms with Crippen LogP contribution in [0.25, 0.3) is 16.7 Å². The first-order valence-electron chi connectivity index (χ1n) is 10.8. The molecule has 5 aromatic rings. The molecule has 0 radical (unpaired) electrons. The van der Waals surface area contributed by atoms with Crippen LogP contribution in [0.15, 0.2) is 65.5 Å². The van der Waals surface area contributed by atoms with Crippen molar-refractivity contribution in [1.29, 1.82) is 0 Å². The molecule has 0 aliphatic rings. The molecule has 0 aliphatic carbocycles. The van der Waals surface area contributed by atoms with Crippen LogP contribution >= 0.6 is 11.6 Å². The Labute approximate surface area is 200 Å². The van der Waals surface area contributed by atoms with E-state index in [-0.39, 0.29) is 17.0 Å². The van der Waals surface area contributed by atoms with Gasteiger partial charge in [0.15, 0.2) is 0 Å². The number of anilines is 1. The van der Waals surface area contributed by atoms with Gasteiger partial charge in [-0.25, -0.2) is 4.52 Å². The molecule has 0 spiro atoms. The maximum absolute atomic E-state index is 13.5. The van der Waals surface area contributed by atoms with Crippen molar-refractivity contribution in [2.75, 3.05) is 5.32 Å². The number of carbonyl (C=O) groups is 1. The van der Waals surface area contributed by atoms with Crippen LogP contribution in [0.1, 0.15) is 32.9 Å². The molecular formula is C26H22ClN5O2. The van der Waals surface area contributed by atoms with E-state index in [0.29, 0.717) is 28.3 Å². The van der Waals surface area contributed by atoms with E-state index in [4.69, 9.17) is 11.6 Å². The third-order valence-corrected chi connectivity index (χ3v) is 5.84. The summed E-state index contributed by atoms with van der Waals surface area (Å²) in [5, 5.41) is 7.83. The first-order chi connectivity index (χ1) is 16.3. The maximum atomic E-state index is 13.5. The Morgan fingerprint density at radius 2 is 1.71 bits per heavy atom. The number of carbonyl (C=O) groups excluding carboxylic acids is 1. The smallest absolute Gasteiger partial charge is 0.296 e. The standard InChI is InChI=1S/C26H22ClN5O2/c1-15-7-8-21-22(12-15)31(14-18-5-4-6-19(27)13-18)26(34)24-29-23(30-32(21)24)25(33)28-20-10-16(2)9-17(3)11-20/h4-13H,14H2,1-3H3,(H,28,33). The summed E-state index contributed by atoms with van der Waals surface area (Å²) in [4.78, 5) is 30.8. The van der Waals surface area contributed by atoms with Crippen molar-refractivity contribution in [3.05, 3.63) is 104 Å². The Bertz CT molecular complexity index is 1630. The van der Waals surface area contributed by atoms with Crippen LogP contribution < -0.4 is 10.9 Å². The van der Waals surface area contributed by atoms with Gasteiger partial charge in [0.1, 0.15) is 0 Å². The number of benzene rings is 3.